The third kappa shape index (κ3) is 3.30. The first-order chi connectivity index (χ1) is 14.1. The van der Waals surface area contributed by atoms with E-state index in [-0.39, 0.29) is 17.9 Å². The number of hydrogen-bond acceptors (Lipinski definition) is 4. The number of methoxy groups -OCH3 is 1. The minimum atomic E-state index is -0.684. The van der Waals surface area contributed by atoms with E-state index in [1.165, 1.54) is 4.90 Å². The molecule has 1 saturated heterocycles. The van der Waals surface area contributed by atoms with Gasteiger partial charge >= 0.3 is 0 Å². The van der Waals surface area contributed by atoms with Crippen LogP contribution in [0.15, 0.2) is 78.4 Å². The van der Waals surface area contributed by atoms with Gasteiger partial charge in [-0.15, -0.1) is 0 Å². The Balaban J connectivity index is 1.96. The van der Waals surface area contributed by atoms with Crippen LogP contribution in [-0.4, -0.2) is 42.0 Å². The summed E-state index contributed by atoms with van der Waals surface area (Å²) in [7, 11) is 1.55. The number of amides is 1. The molecule has 5 nitrogen and oxygen atoms in total. The molecule has 0 aromatic heterocycles. The van der Waals surface area contributed by atoms with Gasteiger partial charge in [-0.3, -0.25) is 9.59 Å². The number of aliphatic hydroxyl groups is 1. The lowest BCUT2D eigenvalue weighted by atomic mass is 9.91. The van der Waals surface area contributed by atoms with Crippen LogP contribution in [-0.2, 0) is 14.3 Å². The van der Waals surface area contributed by atoms with Crippen molar-refractivity contribution in [2.24, 2.45) is 0 Å². The predicted octanol–water partition coefficient (Wildman–Crippen LogP) is 3.91. The van der Waals surface area contributed by atoms with Crippen molar-refractivity contribution in [2.45, 2.75) is 6.04 Å². The molecule has 5 heteroatoms. The van der Waals surface area contributed by atoms with Gasteiger partial charge in [0, 0.05) is 19.2 Å². The van der Waals surface area contributed by atoms with Crippen molar-refractivity contribution in [3.8, 4) is 0 Å². The summed E-state index contributed by atoms with van der Waals surface area (Å²) < 4.78 is 5.16. The van der Waals surface area contributed by atoms with Crippen molar-refractivity contribution >= 4 is 28.2 Å². The van der Waals surface area contributed by atoms with Crippen molar-refractivity contribution < 1.29 is 19.4 Å². The van der Waals surface area contributed by atoms with Gasteiger partial charge in [-0.2, -0.15) is 0 Å². The number of nitrogens with zero attached hydrogens (tertiary/aromatic N) is 1. The molecule has 0 bridgehead atoms. The Kier molecular flexibility index (Phi) is 5.14. The number of carbonyl (C=O) groups excluding carboxylic acids is 2. The van der Waals surface area contributed by atoms with E-state index in [9.17, 15) is 14.7 Å². The van der Waals surface area contributed by atoms with Crippen molar-refractivity contribution in [3.05, 3.63) is 89.5 Å². The van der Waals surface area contributed by atoms with Crippen molar-refractivity contribution in [1.82, 2.24) is 4.90 Å². The van der Waals surface area contributed by atoms with E-state index in [0.717, 1.165) is 16.3 Å². The molecule has 3 aromatic carbocycles. The van der Waals surface area contributed by atoms with Crippen LogP contribution >= 0.6 is 0 Å². The topological polar surface area (TPSA) is 66.8 Å². The van der Waals surface area contributed by atoms with Crippen LogP contribution in [0.5, 0.6) is 0 Å². The lowest BCUT2D eigenvalue weighted by molar-refractivity contribution is -0.140. The Bertz CT molecular complexity index is 1100. The summed E-state index contributed by atoms with van der Waals surface area (Å²) in [5.74, 6) is -1.47. The Morgan fingerprint density at radius 3 is 2.41 bits per heavy atom. The smallest absolute Gasteiger partial charge is 0.295 e. The number of benzene rings is 3. The summed E-state index contributed by atoms with van der Waals surface area (Å²) in [4.78, 5) is 27.3. The van der Waals surface area contributed by atoms with Crippen LogP contribution in [0.4, 0.5) is 0 Å². The van der Waals surface area contributed by atoms with Gasteiger partial charge in [-0.25, -0.2) is 0 Å². The quantitative estimate of drug-likeness (QED) is 0.410. The number of likely N-dealkylation sites (tertiary alicyclic amines) is 1. The zero-order valence-corrected chi connectivity index (χ0v) is 16.0. The van der Waals surface area contributed by atoms with Crippen molar-refractivity contribution in [2.75, 3.05) is 20.3 Å². The lowest BCUT2D eigenvalue weighted by Gasteiger charge is -2.26. The molecule has 0 saturated carbocycles. The van der Waals surface area contributed by atoms with Crippen LogP contribution in [0, 0.1) is 0 Å². The van der Waals surface area contributed by atoms with E-state index < -0.39 is 17.7 Å². The molecule has 0 spiro atoms. The summed E-state index contributed by atoms with van der Waals surface area (Å²) in [6.07, 6.45) is 0. The minimum absolute atomic E-state index is 0.105. The van der Waals surface area contributed by atoms with E-state index >= 15 is 0 Å². The highest BCUT2D eigenvalue weighted by Gasteiger charge is 2.46. The number of hydrogen-bond donors (Lipinski definition) is 1. The highest BCUT2D eigenvalue weighted by Crippen LogP contribution is 2.41. The van der Waals surface area contributed by atoms with E-state index in [0.29, 0.717) is 12.2 Å². The first-order valence-corrected chi connectivity index (χ1v) is 9.44. The number of ketones is 1. The van der Waals surface area contributed by atoms with Gasteiger partial charge in [0.25, 0.3) is 11.7 Å². The number of ether oxygens (including phenoxy) is 1. The average Bonchev–Trinajstić information content (AvgIpc) is 3.02. The lowest BCUT2D eigenvalue weighted by Crippen LogP contribution is -2.32. The SMILES string of the molecule is COCCN1C(=O)C(=O)C(=C(O)c2ccccc2)C1c1cccc2ccccc12. The Morgan fingerprint density at radius 2 is 1.66 bits per heavy atom. The Hall–Kier alpha value is -3.44. The van der Waals surface area contributed by atoms with Crippen molar-refractivity contribution in [1.29, 1.82) is 0 Å². The summed E-state index contributed by atoms with van der Waals surface area (Å²) in [6.45, 7) is 0.542. The van der Waals surface area contributed by atoms with Gasteiger partial charge in [0.05, 0.1) is 18.2 Å². The van der Waals surface area contributed by atoms with Crippen LogP contribution in [0.25, 0.3) is 16.5 Å². The number of aliphatic hydroxyl groups excluding tert-OH is 1. The van der Waals surface area contributed by atoms with Crippen LogP contribution in [0.3, 0.4) is 0 Å². The molecule has 1 heterocycles. The second-order valence-corrected chi connectivity index (χ2v) is 6.92. The number of rotatable bonds is 5. The maximum absolute atomic E-state index is 13.0. The third-order valence-electron chi connectivity index (χ3n) is 5.24. The molecule has 0 aliphatic carbocycles. The molecule has 1 fully saturated rings. The fourth-order valence-corrected chi connectivity index (χ4v) is 3.86. The van der Waals surface area contributed by atoms with Gasteiger partial charge in [-0.1, -0.05) is 72.8 Å². The minimum Gasteiger partial charge on any atom is -0.507 e. The molecule has 29 heavy (non-hydrogen) atoms. The van der Waals surface area contributed by atoms with Crippen LogP contribution in [0.2, 0.25) is 0 Å². The van der Waals surface area contributed by atoms with E-state index in [2.05, 4.69) is 0 Å². The third-order valence-corrected chi connectivity index (χ3v) is 5.24. The molecule has 1 aliphatic rings. The highest BCUT2D eigenvalue weighted by molar-refractivity contribution is 6.46. The number of Topliss-reactive ketones (excluding diaryl/α,β-unsaturated/α-hetero) is 1. The molecule has 0 radical (unpaired) electrons. The standard InChI is InChI=1S/C24H21NO4/c1-29-15-14-25-21(19-13-7-11-16-8-5-6-12-18(16)19)20(23(27)24(25)28)22(26)17-9-3-2-4-10-17/h2-13,21,26H,14-15H2,1H3. The Labute approximate surface area is 168 Å². The highest BCUT2D eigenvalue weighted by atomic mass is 16.5. The first-order valence-electron chi connectivity index (χ1n) is 9.44. The maximum atomic E-state index is 13.0. The summed E-state index contributed by atoms with van der Waals surface area (Å²) in [5.41, 5.74) is 1.41. The van der Waals surface area contributed by atoms with Gasteiger partial charge in [-0.05, 0) is 16.3 Å². The number of fused-ring (bicyclic) bond motifs is 1. The zero-order chi connectivity index (χ0) is 20.4. The largest absolute Gasteiger partial charge is 0.507 e. The molecule has 1 N–H and O–H groups in total. The molecule has 1 amide bonds. The van der Waals surface area contributed by atoms with Gasteiger partial charge in [0.15, 0.2) is 0 Å². The summed E-state index contributed by atoms with van der Waals surface area (Å²) >= 11 is 0. The average molecular weight is 387 g/mol. The fourth-order valence-electron chi connectivity index (χ4n) is 3.86. The molecule has 4 rings (SSSR count). The monoisotopic (exact) mass is 387 g/mol. The summed E-state index contributed by atoms with van der Waals surface area (Å²) in [5, 5.41) is 12.9. The van der Waals surface area contributed by atoms with E-state index in [1.807, 2.05) is 48.5 Å². The molecule has 1 unspecified atom stereocenters. The predicted molar refractivity (Wildman–Crippen MR) is 111 cm³/mol. The summed E-state index contributed by atoms with van der Waals surface area (Å²) in [6, 6.07) is 21.7. The molecular weight excluding hydrogens is 366 g/mol. The second-order valence-electron chi connectivity index (χ2n) is 6.92. The molecule has 1 aliphatic heterocycles. The Morgan fingerprint density at radius 1 is 0.966 bits per heavy atom. The van der Waals surface area contributed by atoms with Gasteiger partial charge in [0.2, 0.25) is 0 Å². The molecule has 1 atom stereocenters. The van der Waals surface area contributed by atoms with E-state index in [1.54, 1.807) is 31.4 Å². The first kappa shape index (κ1) is 18.9. The fraction of sp³-hybridized carbons (Fsp3) is 0.167. The van der Waals surface area contributed by atoms with Crippen molar-refractivity contribution in [3.63, 3.8) is 0 Å². The van der Waals surface area contributed by atoms with Crippen LogP contribution < -0.4 is 0 Å². The number of carbonyl (C=O) groups is 2. The molecule has 146 valence electrons. The maximum Gasteiger partial charge on any atom is 0.295 e. The van der Waals surface area contributed by atoms with Crippen LogP contribution in [0.1, 0.15) is 17.2 Å². The normalized spacial score (nSPS) is 18.5. The molecular formula is C24H21NO4. The zero-order valence-electron chi connectivity index (χ0n) is 16.0. The van der Waals surface area contributed by atoms with Gasteiger partial charge in [0.1, 0.15) is 5.76 Å². The van der Waals surface area contributed by atoms with Gasteiger partial charge < -0.3 is 14.7 Å². The molecule has 3 aromatic rings. The second kappa shape index (κ2) is 7.89. The van der Waals surface area contributed by atoms with E-state index in [4.69, 9.17) is 4.74 Å².